The number of rotatable bonds is 3. The quantitative estimate of drug-likeness (QED) is 0.853. The summed E-state index contributed by atoms with van der Waals surface area (Å²) in [6.45, 7) is 0.829. The third kappa shape index (κ3) is 2.96. The van der Waals surface area contributed by atoms with E-state index in [4.69, 9.17) is 0 Å². The molecule has 136 valence electrons. The van der Waals surface area contributed by atoms with Crippen LogP contribution < -0.4 is 5.32 Å². The zero-order valence-electron chi connectivity index (χ0n) is 14.5. The largest absolute Gasteiger partial charge is 0.405 e. The molecule has 4 bridgehead atoms. The monoisotopic (exact) mass is 351 g/mol. The van der Waals surface area contributed by atoms with Gasteiger partial charge in [-0.1, -0.05) is 29.8 Å². The number of carbonyl (C=O) groups is 1. The molecule has 0 spiro atoms. The van der Waals surface area contributed by atoms with Crippen molar-refractivity contribution in [2.45, 2.75) is 57.0 Å². The topological polar surface area (TPSA) is 29.1 Å². The predicted molar refractivity (Wildman–Crippen MR) is 89.0 cm³/mol. The summed E-state index contributed by atoms with van der Waals surface area (Å²) in [4.78, 5) is 12.8. The highest BCUT2D eigenvalue weighted by atomic mass is 19.4. The zero-order chi connectivity index (χ0) is 17.9. The molecule has 4 fully saturated rings. The van der Waals surface area contributed by atoms with Gasteiger partial charge in [0.25, 0.3) is 0 Å². The fourth-order valence-electron chi connectivity index (χ4n) is 6.14. The second kappa shape index (κ2) is 5.49. The highest BCUT2D eigenvalue weighted by Gasteiger charge is 2.61. The number of amides is 1. The minimum atomic E-state index is -4.35. The van der Waals surface area contributed by atoms with Crippen LogP contribution in [0.4, 0.5) is 13.2 Å². The van der Waals surface area contributed by atoms with Gasteiger partial charge >= 0.3 is 6.18 Å². The van der Waals surface area contributed by atoms with Crippen molar-refractivity contribution in [3.63, 3.8) is 0 Å². The Morgan fingerprint density at radius 2 is 1.72 bits per heavy atom. The van der Waals surface area contributed by atoms with Crippen LogP contribution in [0, 0.1) is 24.2 Å². The molecule has 0 aliphatic heterocycles. The lowest BCUT2D eigenvalue weighted by Crippen LogP contribution is -2.59. The van der Waals surface area contributed by atoms with Crippen LogP contribution >= 0.6 is 0 Å². The number of aryl methyl sites for hydroxylation is 1. The number of alkyl halides is 3. The van der Waals surface area contributed by atoms with Gasteiger partial charge in [0.05, 0.1) is 5.41 Å². The van der Waals surface area contributed by atoms with Gasteiger partial charge in [-0.25, -0.2) is 0 Å². The molecule has 1 amide bonds. The van der Waals surface area contributed by atoms with E-state index in [0.717, 1.165) is 32.1 Å². The molecular formula is C20H24F3NO. The van der Waals surface area contributed by atoms with Crippen molar-refractivity contribution in [3.05, 3.63) is 35.4 Å². The molecule has 5 rings (SSSR count). The van der Waals surface area contributed by atoms with Crippen LogP contribution in [0.2, 0.25) is 0 Å². The highest BCUT2D eigenvalue weighted by Crippen LogP contribution is 2.65. The molecule has 0 saturated heterocycles. The molecule has 2 unspecified atom stereocenters. The van der Waals surface area contributed by atoms with Gasteiger partial charge in [-0.2, -0.15) is 13.2 Å². The minimum absolute atomic E-state index is 0.0344. The fraction of sp³-hybridized carbons (Fsp3) is 0.650. The molecule has 25 heavy (non-hydrogen) atoms. The molecular weight excluding hydrogens is 327 g/mol. The van der Waals surface area contributed by atoms with E-state index in [2.05, 4.69) is 36.5 Å². The van der Waals surface area contributed by atoms with Gasteiger partial charge in [-0.3, -0.25) is 4.79 Å². The minimum Gasteiger partial charge on any atom is -0.347 e. The summed E-state index contributed by atoms with van der Waals surface area (Å²) >= 11 is 0. The Kier molecular flexibility index (Phi) is 3.71. The molecule has 2 nitrogen and oxygen atoms in total. The molecule has 4 saturated carbocycles. The van der Waals surface area contributed by atoms with Gasteiger partial charge < -0.3 is 5.32 Å². The number of hydrogen-bond acceptors (Lipinski definition) is 1. The Balaban J connectivity index is 1.63. The molecule has 1 aromatic carbocycles. The first-order valence-electron chi connectivity index (χ1n) is 9.12. The van der Waals surface area contributed by atoms with E-state index in [1.807, 2.05) is 0 Å². The van der Waals surface area contributed by atoms with Crippen LogP contribution in [0.3, 0.4) is 0 Å². The van der Waals surface area contributed by atoms with E-state index in [-0.39, 0.29) is 11.3 Å². The van der Waals surface area contributed by atoms with Crippen LogP contribution in [0.15, 0.2) is 24.3 Å². The maximum absolute atomic E-state index is 12.8. The summed E-state index contributed by atoms with van der Waals surface area (Å²) in [5, 5.41) is 2.19. The predicted octanol–water partition coefficient (Wildman–Crippen LogP) is 4.51. The van der Waals surface area contributed by atoms with E-state index >= 15 is 0 Å². The summed E-state index contributed by atoms with van der Waals surface area (Å²) in [6, 6.07) is 8.52. The molecule has 4 aliphatic rings. The lowest BCUT2D eigenvalue weighted by atomic mass is 9.42. The summed E-state index contributed by atoms with van der Waals surface area (Å²) in [7, 11) is 0. The van der Waals surface area contributed by atoms with Crippen molar-refractivity contribution in [2.24, 2.45) is 17.3 Å². The Morgan fingerprint density at radius 3 is 2.28 bits per heavy atom. The van der Waals surface area contributed by atoms with Crippen molar-refractivity contribution in [3.8, 4) is 0 Å². The number of halogens is 3. The Bertz CT molecular complexity index is 665. The second-order valence-electron chi connectivity index (χ2n) is 8.69. The molecule has 1 N–H and O–H groups in total. The average molecular weight is 351 g/mol. The Hall–Kier alpha value is -1.52. The SMILES string of the molecule is Cc1ccc(C23CC4CC(CC(C(=O)NCC(F)(F)F)(C4)C2)C3)cc1. The Labute approximate surface area is 146 Å². The van der Waals surface area contributed by atoms with Crippen LogP contribution in [0.1, 0.15) is 49.7 Å². The lowest BCUT2D eigenvalue weighted by molar-refractivity contribution is -0.157. The van der Waals surface area contributed by atoms with E-state index in [1.165, 1.54) is 11.1 Å². The zero-order valence-corrected chi connectivity index (χ0v) is 14.5. The smallest absolute Gasteiger partial charge is 0.347 e. The maximum Gasteiger partial charge on any atom is 0.405 e. The first kappa shape index (κ1) is 16.9. The number of hydrogen-bond donors (Lipinski definition) is 1. The molecule has 0 radical (unpaired) electrons. The van der Waals surface area contributed by atoms with Crippen LogP contribution in [-0.4, -0.2) is 18.6 Å². The van der Waals surface area contributed by atoms with Gasteiger partial charge in [0.2, 0.25) is 5.91 Å². The standard InChI is InChI=1S/C20H24F3NO/c1-13-2-4-16(5-3-13)18-7-14-6-15(8-18)10-19(9-14,11-18)17(25)24-12-20(21,22)23/h2-5,14-15H,6-12H2,1H3,(H,24,25). The third-order valence-electron chi connectivity index (χ3n) is 6.66. The molecule has 2 atom stereocenters. The van der Waals surface area contributed by atoms with E-state index < -0.39 is 18.1 Å². The van der Waals surface area contributed by atoms with E-state index in [1.54, 1.807) is 0 Å². The normalized spacial score (nSPS) is 36.5. The van der Waals surface area contributed by atoms with E-state index in [9.17, 15) is 18.0 Å². The maximum atomic E-state index is 12.8. The Morgan fingerprint density at radius 1 is 1.12 bits per heavy atom. The van der Waals surface area contributed by atoms with Crippen LogP contribution in [0.25, 0.3) is 0 Å². The number of carbonyl (C=O) groups excluding carboxylic acids is 1. The molecule has 5 heteroatoms. The molecule has 0 aromatic heterocycles. The number of benzene rings is 1. The van der Waals surface area contributed by atoms with Crippen molar-refractivity contribution in [2.75, 3.05) is 6.54 Å². The van der Waals surface area contributed by atoms with Crippen LogP contribution in [-0.2, 0) is 10.2 Å². The van der Waals surface area contributed by atoms with Crippen LogP contribution in [0.5, 0.6) is 0 Å². The summed E-state index contributed by atoms with van der Waals surface area (Å²) in [6.07, 6.45) is 1.11. The molecule has 4 aliphatic carbocycles. The van der Waals surface area contributed by atoms with Crippen molar-refractivity contribution < 1.29 is 18.0 Å². The molecule has 1 aromatic rings. The lowest BCUT2D eigenvalue weighted by Gasteiger charge is -2.61. The van der Waals surface area contributed by atoms with Gasteiger partial charge in [0, 0.05) is 0 Å². The number of nitrogens with one attached hydrogen (secondary N) is 1. The van der Waals surface area contributed by atoms with Gasteiger partial charge in [0.15, 0.2) is 0 Å². The first-order chi connectivity index (χ1) is 11.7. The van der Waals surface area contributed by atoms with Crippen molar-refractivity contribution in [1.82, 2.24) is 5.32 Å². The first-order valence-corrected chi connectivity index (χ1v) is 9.12. The summed E-state index contributed by atoms with van der Waals surface area (Å²) in [5.41, 5.74) is 1.82. The fourth-order valence-corrected chi connectivity index (χ4v) is 6.14. The molecule has 0 heterocycles. The van der Waals surface area contributed by atoms with Gasteiger partial charge in [0.1, 0.15) is 6.54 Å². The summed E-state index contributed by atoms with van der Waals surface area (Å²) < 4.78 is 37.7. The van der Waals surface area contributed by atoms with E-state index in [0.29, 0.717) is 18.3 Å². The van der Waals surface area contributed by atoms with Crippen molar-refractivity contribution in [1.29, 1.82) is 0 Å². The van der Waals surface area contributed by atoms with Crippen molar-refractivity contribution >= 4 is 5.91 Å². The average Bonchev–Trinajstić information content (AvgIpc) is 2.51. The highest BCUT2D eigenvalue weighted by molar-refractivity contribution is 5.83. The summed E-state index contributed by atoms with van der Waals surface area (Å²) in [5.74, 6) is 0.536. The third-order valence-corrected chi connectivity index (χ3v) is 6.66. The van der Waals surface area contributed by atoms with Gasteiger partial charge in [-0.15, -0.1) is 0 Å². The van der Waals surface area contributed by atoms with Gasteiger partial charge in [-0.05, 0) is 68.3 Å². The second-order valence-corrected chi connectivity index (χ2v) is 8.69.